The molecule has 1 saturated heterocycles. The number of ether oxygens (including phenoxy) is 1. The molecule has 3 rings (SSSR count). The summed E-state index contributed by atoms with van der Waals surface area (Å²) >= 11 is 0. The first-order chi connectivity index (χ1) is 15.8. The van der Waals surface area contributed by atoms with Gasteiger partial charge in [0.15, 0.2) is 0 Å². The maximum Gasteiger partial charge on any atom is 0.242 e. The summed E-state index contributed by atoms with van der Waals surface area (Å²) in [7, 11) is -0.449. The highest BCUT2D eigenvalue weighted by Crippen LogP contribution is 2.19. The lowest BCUT2D eigenvalue weighted by atomic mass is 9.96. The second-order valence-corrected chi connectivity index (χ2v) is 10.5. The molecule has 2 aromatic rings. The Bertz CT molecular complexity index is 1020. The minimum atomic E-state index is -3.45. The van der Waals surface area contributed by atoms with Gasteiger partial charge >= 0.3 is 0 Å². The highest BCUT2D eigenvalue weighted by Gasteiger charge is 2.24. The first-order valence-electron chi connectivity index (χ1n) is 11.2. The predicted molar refractivity (Wildman–Crippen MR) is 125 cm³/mol. The van der Waals surface area contributed by atoms with Crippen LogP contribution >= 0.6 is 0 Å². The van der Waals surface area contributed by atoms with E-state index in [0.29, 0.717) is 30.9 Å². The van der Waals surface area contributed by atoms with Gasteiger partial charge in [-0.2, -0.15) is 0 Å². The molecule has 0 aromatic heterocycles. The molecule has 1 N–H and O–H groups in total. The number of hydrogen-bond acceptors (Lipinski definition) is 5. The van der Waals surface area contributed by atoms with E-state index < -0.39 is 10.0 Å². The summed E-state index contributed by atoms with van der Waals surface area (Å²) in [6, 6.07) is 13.0. The molecule has 1 amide bonds. The Labute approximate surface area is 195 Å². The number of piperidine rings is 1. The van der Waals surface area contributed by atoms with E-state index >= 15 is 0 Å². The van der Waals surface area contributed by atoms with Gasteiger partial charge in [0, 0.05) is 33.1 Å². The van der Waals surface area contributed by atoms with E-state index in [1.165, 1.54) is 24.5 Å². The number of benzene rings is 2. The number of amides is 1. The van der Waals surface area contributed by atoms with Crippen molar-refractivity contribution in [3.05, 3.63) is 59.9 Å². The van der Waals surface area contributed by atoms with Gasteiger partial charge in [-0.25, -0.2) is 17.1 Å². The van der Waals surface area contributed by atoms with Gasteiger partial charge in [-0.3, -0.25) is 9.69 Å². The van der Waals surface area contributed by atoms with E-state index in [1.807, 2.05) is 0 Å². The number of sulfonamides is 1. The van der Waals surface area contributed by atoms with Gasteiger partial charge in [-0.1, -0.05) is 18.2 Å². The summed E-state index contributed by atoms with van der Waals surface area (Å²) in [6.45, 7) is 3.28. The van der Waals surface area contributed by atoms with Crippen molar-refractivity contribution in [3.63, 3.8) is 0 Å². The monoisotopic (exact) mass is 477 g/mol. The Balaban J connectivity index is 1.34. The van der Waals surface area contributed by atoms with Crippen LogP contribution in [0.15, 0.2) is 53.4 Å². The van der Waals surface area contributed by atoms with Crippen LogP contribution in [0.4, 0.5) is 4.39 Å². The van der Waals surface area contributed by atoms with Crippen LogP contribution in [0, 0.1) is 11.7 Å². The van der Waals surface area contributed by atoms with E-state index in [9.17, 15) is 17.6 Å². The third kappa shape index (κ3) is 6.99. The Morgan fingerprint density at radius 2 is 1.79 bits per heavy atom. The molecule has 1 fully saturated rings. The lowest BCUT2D eigenvalue weighted by Gasteiger charge is -2.31. The maximum atomic E-state index is 13.7. The van der Waals surface area contributed by atoms with Crippen LogP contribution in [0.5, 0.6) is 5.75 Å². The van der Waals surface area contributed by atoms with Gasteiger partial charge in [-0.05, 0) is 68.2 Å². The van der Waals surface area contributed by atoms with Crippen LogP contribution in [-0.4, -0.2) is 70.4 Å². The highest BCUT2D eigenvalue weighted by atomic mass is 32.2. The Morgan fingerprint density at radius 1 is 1.12 bits per heavy atom. The molecule has 33 heavy (non-hydrogen) atoms. The number of likely N-dealkylation sites (tertiary alicyclic amines) is 1. The van der Waals surface area contributed by atoms with Gasteiger partial charge in [0.25, 0.3) is 0 Å². The number of carbonyl (C=O) groups excluding carboxylic acids is 1. The quantitative estimate of drug-likeness (QED) is 0.569. The van der Waals surface area contributed by atoms with Gasteiger partial charge in [-0.15, -0.1) is 0 Å². The molecule has 1 aliphatic rings. The number of hydrogen-bond donors (Lipinski definition) is 1. The number of nitrogens with one attached hydrogen (secondary N) is 1. The average Bonchev–Trinajstić information content (AvgIpc) is 2.81. The molecule has 0 saturated carbocycles. The van der Waals surface area contributed by atoms with Gasteiger partial charge < -0.3 is 10.1 Å². The molecule has 1 aliphatic heterocycles. The molecule has 0 unspecified atom stereocenters. The number of nitrogens with zero attached hydrogens (tertiary/aromatic N) is 2. The maximum absolute atomic E-state index is 13.7. The second kappa shape index (κ2) is 11.6. The largest absolute Gasteiger partial charge is 0.492 e. The molecule has 0 atom stereocenters. The fourth-order valence-corrected chi connectivity index (χ4v) is 4.70. The summed E-state index contributed by atoms with van der Waals surface area (Å²) in [4.78, 5) is 14.9. The zero-order valence-electron chi connectivity index (χ0n) is 19.2. The number of halogens is 1. The molecule has 180 valence electrons. The van der Waals surface area contributed by atoms with Crippen LogP contribution in [0.1, 0.15) is 18.4 Å². The Hall–Kier alpha value is -2.49. The summed E-state index contributed by atoms with van der Waals surface area (Å²) < 4.78 is 44.8. The van der Waals surface area contributed by atoms with Crippen LogP contribution < -0.4 is 10.1 Å². The zero-order chi connectivity index (χ0) is 23.8. The lowest BCUT2D eigenvalue weighted by Crippen LogP contribution is -2.42. The molecular formula is C24H32FN3O4S. The molecule has 0 aliphatic carbocycles. The smallest absolute Gasteiger partial charge is 0.242 e. The van der Waals surface area contributed by atoms with Gasteiger partial charge in [0.2, 0.25) is 15.9 Å². The van der Waals surface area contributed by atoms with E-state index in [2.05, 4.69) is 10.2 Å². The Kier molecular flexibility index (Phi) is 8.82. The highest BCUT2D eigenvalue weighted by molar-refractivity contribution is 7.89. The van der Waals surface area contributed by atoms with Crippen LogP contribution in [0.2, 0.25) is 0 Å². The van der Waals surface area contributed by atoms with E-state index in [0.717, 1.165) is 32.5 Å². The zero-order valence-corrected chi connectivity index (χ0v) is 20.0. The number of carbonyl (C=O) groups is 1. The van der Waals surface area contributed by atoms with Crippen LogP contribution in [-0.2, 0) is 21.2 Å². The van der Waals surface area contributed by atoms with E-state index in [-0.39, 0.29) is 22.5 Å². The van der Waals surface area contributed by atoms with E-state index in [4.69, 9.17) is 4.74 Å². The Morgan fingerprint density at radius 3 is 2.42 bits per heavy atom. The normalized spacial score (nSPS) is 15.5. The van der Waals surface area contributed by atoms with Crippen molar-refractivity contribution in [2.45, 2.75) is 24.2 Å². The van der Waals surface area contributed by atoms with Crippen molar-refractivity contribution >= 4 is 15.9 Å². The third-order valence-electron chi connectivity index (χ3n) is 5.89. The molecular weight excluding hydrogens is 445 g/mol. The summed E-state index contributed by atoms with van der Waals surface area (Å²) in [5.74, 6) is 0.401. The fourth-order valence-electron chi connectivity index (χ4n) is 3.80. The topological polar surface area (TPSA) is 79.0 Å². The van der Waals surface area contributed by atoms with Gasteiger partial charge in [0.05, 0.1) is 4.90 Å². The first-order valence-corrected chi connectivity index (χ1v) is 12.6. The van der Waals surface area contributed by atoms with Crippen molar-refractivity contribution in [3.8, 4) is 5.75 Å². The molecule has 0 radical (unpaired) electrons. The van der Waals surface area contributed by atoms with Crippen LogP contribution in [0.3, 0.4) is 0 Å². The van der Waals surface area contributed by atoms with Crippen molar-refractivity contribution in [2.75, 3.05) is 46.9 Å². The summed E-state index contributed by atoms with van der Waals surface area (Å²) in [5, 5.41) is 2.93. The third-order valence-corrected chi connectivity index (χ3v) is 7.72. The fraction of sp³-hybridized carbons (Fsp3) is 0.458. The van der Waals surface area contributed by atoms with E-state index in [1.54, 1.807) is 42.5 Å². The number of rotatable bonds is 10. The first kappa shape index (κ1) is 25.1. The molecule has 1 heterocycles. The summed E-state index contributed by atoms with van der Waals surface area (Å²) in [5.41, 5.74) is 0.613. The lowest BCUT2D eigenvalue weighted by molar-refractivity contribution is -0.126. The second-order valence-electron chi connectivity index (χ2n) is 8.36. The molecule has 0 bridgehead atoms. The predicted octanol–water partition coefficient (Wildman–Crippen LogP) is 2.53. The molecule has 9 heteroatoms. The van der Waals surface area contributed by atoms with Crippen molar-refractivity contribution in [1.82, 2.24) is 14.5 Å². The standard InChI is InChI=1S/C24H32FN3O4S/c1-27(2)33(30,31)22-9-7-21(8-10-22)32-18-17-28-15-12-20(13-16-28)24(29)26-14-11-19-5-3-4-6-23(19)25/h3-10,20H,11-18H2,1-2H3,(H,26,29). The molecule has 2 aromatic carbocycles. The summed E-state index contributed by atoms with van der Waals surface area (Å²) in [6.07, 6.45) is 2.04. The van der Waals surface area contributed by atoms with Crippen LogP contribution in [0.25, 0.3) is 0 Å². The molecule has 0 spiro atoms. The molecule has 7 nitrogen and oxygen atoms in total. The van der Waals surface area contributed by atoms with Crippen molar-refractivity contribution in [1.29, 1.82) is 0 Å². The average molecular weight is 478 g/mol. The minimum Gasteiger partial charge on any atom is -0.492 e. The van der Waals surface area contributed by atoms with Gasteiger partial charge in [0.1, 0.15) is 18.2 Å². The minimum absolute atomic E-state index is 0.0195. The SMILES string of the molecule is CN(C)S(=O)(=O)c1ccc(OCCN2CCC(C(=O)NCCc3ccccc3F)CC2)cc1. The van der Waals surface area contributed by atoms with Crippen molar-refractivity contribution in [2.24, 2.45) is 5.92 Å². The van der Waals surface area contributed by atoms with Crippen molar-refractivity contribution < 1.29 is 22.3 Å².